The molecule has 5 heteroatoms. The predicted molar refractivity (Wildman–Crippen MR) is 137 cm³/mol. The standard InChI is InChI=1S/C28H26N2O2S/c1-4-18-12-13-19-8-7-10-23(25(18)19)30-27(31)28(2,3)32-21-16-14-20(15-17-21)26-29-22-9-5-6-11-24(22)33-26/h5-18H,4H2,1-3H3,(H,30,31). The monoisotopic (exact) mass is 454 g/mol. The number of anilines is 1. The minimum absolute atomic E-state index is 0.173. The molecule has 4 aromatic rings. The fraction of sp³-hybridized carbons (Fsp3) is 0.214. The van der Waals surface area contributed by atoms with Gasteiger partial charge in [0.1, 0.15) is 10.8 Å². The van der Waals surface area contributed by atoms with Crippen molar-refractivity contribution in [3.8, 4) is 16.3 Å². The Morgan fingerprint density at radius 1 is 1.06 bits per heavy atom. The predicted octanol–water partition coefficient (Wildman–Crippen LogP) is 7.28. The van der Waals surface area contributed by atoms with Crippen LogP contribution in [0.1, 0.15) is 44.2 Å². The molecule has 1 aromatic heterocycles. The first-order valence-corrected chi connectivity index (χ1v) is 12.0. The van der Waals surface area contributed by atoms with Crippen LogP contribution in [0.25, 0.3) is 26.9 Å². The van der Waals surface area contributed by atoms with E-state index in [0.29, 0.717) is 11.7 Å². The molecule has 0 radical (unpaired) electrons. The Morgan fingerprint density at radius 3 is 2.61 bits per heavy atom. The quantitative estimate of drug-likeness (QED) is 0.333. The number of hydrogen-bond donors (Lipinski definition) is 1. The van der Waals surface area contributed by atoms with Gasteiger partial charge < -0.3 is 10.1 Å². The van der Waals surface area contributed by atoms with Gasteiger partial charge in [-0.2, -0.15) is 0 Å². The minimum Gasteiger partial charge on any atom is -0.478 e. The number of rotatable bonds is 6. The fourth-order valence-corrected chi connectivity index (χ4v) is 5.15. The summed E-state index contributed by atoms with van der Waals surface area (Å²) in [5, 5.41) is 4.08. The molecule has 0 bridgehead atoms. The van der Waals surface area contributed by atoms with Crippen LogP contribution in [-0.2, 0) is 4.79 Å². The van der Waals surface area contributed by atoms with E-state index < -0.39 is 5.60 Å². The highest BCUT2D eigenvalue weighted by molar-refractivity contribution is 7.21. The van der Waals surface area contributed by atoms with Crippen molar-refractivity contribution >= 4 is 39.2 Å². The smallest absolute Gasteiger partial charge is 0.267 e. The lowest BCUT2D eigenvalue weighted by atomic mass is 9.96. The molecule has 0 aliphatic heterocycles. The first-order chi connectivity index (χ1) is 15.9. The van der Waals surface area contributed by atoms with Gasteiger partial charge in [0, 0.05) is 17.2 Å². The number of carbonyl (C=O) groups is 1. The lowest BCUT2D eigenvalue weighted by Crippen LogP contribution is -2.42. The number of nitrogens with one attached hydrogen (secondary N) is 1. The van der Waals surface area contributed by atoms with Crippen molar-refractivity contribution in [2.75, 3.05) is 5.32 Å². The molecule has 1 heterocycles. The second-order valence-corrected chi connectivity index (χ2v) is 9.79. The van der Waals surface area contributed by atoms with Crippen LogP contribution in [0.3, 0.4) is 0 Å². The summed E-state index contributed by atoms with van der Waals surface area (Å²) in [6.45, 7) is 5.75. The van der Waals surface area contributed by atoms with Gasteiger partial charge in [0.25, 0.3) is 5.91 Å². The molecule has 1 aliphatic carbocycles. The van der Waals surface area contributed by atoms with Gasteiger partial charge in [-0.25, -0.2) is 4.98 Å². The number of aromatic nitrogens is 1. The second kappa shape index (κ2) is 8.49. The number of nitrogens with zero attached hydrogens (tertiary/aromatic N) is 1. The first kappa shape index (κ1) is 21.4. The number of amides is 1. The molecule has 5 rings (SSSR count). The molecule has 1 atom stereocenters. The number of benzene rings is 3. The van der Waals surface area contributed by atoms with Crippen molar-refractivity contribution in [2.45, 2.75) is 38.7 Å². The van der Waals surface area contributed by atoms with E-state index in [0.717, 1.165) is 28.2 Å². The molecule has 4 nitrogen and oxygen atoms in total. The Labute approximate surface area is 198 Å². The summed E-state index contributed by atoms with van der Waals surface area (Å²) >= 11 is 1.67. The Balaban J connectivity index is 1.31. The maximum absolute atomic E-state index is 13.2. The van der Waals surface area contributed by atoms with Crippen molar-refractivity contribution in [3.05, 3.63) is 83.9 Å². The Morgan fingerprint density at radius 2 is 1.85 bits per heavy atom. The van der Waals surface area contributed by atoms with Gasteiger partial charge in [0.2, 0.25) is 0 Å². The lowest BCUT2D eigenvalue weighted by molar-refractivity contribution is -0.128. The van der Waals surface area contributed by atoms with E-state index >= 15 is 0 Å². The summed E-state index contributed by atoms with van der Waals surface area (Å²) < 4.78 is 7.28. The fourth-order valence-electron chi connectivity index (χ4n) is 4.18. The third-order valence-electron chi connectivity index (χ3n) is 6.02. The van der Waals surface area contributed by atoms with Gasteiger partial charge in [-0.05, 0) is 73.9 Å². The van der Waals surface area contributed by atoms with Gasteiger partial charge in [0.15, 0.2) is 5.60 Å². The van der Waals surface area contributed by atoms with Crippen molar-refractivity contribution in [2.24, 2.45) is 0 Å². The number of allylic oxidation sites excluding steroid dienone is 1. The van der Waals surface area contributed by atoms with E-state index in [1.807, 2.05) is 54.6 Å². The van der Waals surface area contributed by atoms with Crippen LogP contribution in [0, 0.1) is 0 Å². The Hall–Kier alpha value is -3.44. The Kier molecular flexibility index (Phi) is 5.51. The molecule has 1 aliphatic rings. The zero-order valence-electron chi connectivity index (χ0n) is 19.0. The third kappa shape index (κ3) is 4.16. The van der Waals surface area contributed by atoms with E-state index in [2.05, 4.69) is 36.5 Å². The molecule has 0 saturated carbocycles. The minimum atomic E-state index is -1.03. The van der Waals surface area contributed by atoms with Crippen LogP contribution in [0.5, 0.6) is 5.75 Å². The summed E-state index contributed by atoms with van der Waals surface area (Å²) in [5.41, 5.74) is 4.21. The average molecular weight is 455 g/mol. The van der Waals surface area contributed by atoms with E-state index in [-0.39, 0.29) is 5.91 Å². The summed E-state index contributed by atoms with van der Waals surface area (Å²) in [5.74, 6) is 0.801. The first-order valence-electron chi connectivity index (χ1n) is 11.2. The van der Waals surface area contributed by atoms with Gasteiger partial charge in [-0.1, -0.05) is 43.3 Å². The average Bonchev–Trinajstić information content (AvgIpc) is 3.44. The number of fused-ring (bicyclic) bond motifs is 2. The van der Waals surface area contributed by atoms with E-state index in [9.17, 15) is 4.79 Å². The number of thiazole rings is 1. The lowest BCUT2D eigenvalue weighted by Gasteiger charge is -2.26. The van der Waals surface area contributed by atoms with Crippen LogP contribution in [0.4, 0.5) is 5.69 Å². The van der Waals surface area contributed by atoms with Gasteiger partial charge in [-0.15, -0.1) is 11.3 Å². The van der Waals surface area contributed by atoms with Crippen LogP contribution in [0.2, 0.25) is 0 Å². The summed E-state index contributed by atoms with van der Waals surface area (Å²) in [6, 6.07) is 21.9. The molecule has 1 unspecified atom stereocenters. The zero-order valence-corrected chi connectivity index (χ0v) is 19.8. The molecule has 3 aromatic carbocycles. The molecule has 0 saturated heterocycles. The second-order valence-electron chi connectivity index (χ2n) is 8.76. The van der Waals surface area contributed by atoms with Gasteiger partial charge in [-0.3, -0.25) is 4.79 Å². The van der Waals surface area contributed by atoms with E-state index in [1.54, 1.807) is 25.2 Å². The van der Waals surface area contributed by atoms with Crippen LogP contribution >= 0.6 is 11.3 Å². The summed E-state index contributed by atoms with van der Waals surface area (Å²) in [6.07, 6.45) is 5.33. The number of hydrogen-bond acceptors (Lipinski definition) is 4. The highest BCUT2D eigenvalue weighted by Gasteiger charge is 2.31. The molecule has 1 amide bonds. The Bertz CT molecular complexity index is 1320. The molecule has 0 fully saturated rings. The number of carbonyl (C=O) groups excluding carboxylic acids is 1. The molecule has 166 valence electrons. The highest BCUT2D eigenvalue weighted by Crippen LogP contribution is 2.38. The van der Waals surface area contributed by atoms with E-state index in [1.165, 1.54) is 15.8 Å². The van der Waals surface area contributed by atoms with E-state index in [4.69, 9.17) is 9.72 Å². The van der Waals surface area contributed by atoms with Crippen LogP contribution < -0.4 is 10.1 Å². The van der Waals surface area contributed by atoms with Crippen LogP contribution in [0.15, 0.2) is 72.8 Å². The SMILES string of the molecule is CCC1C=Cc2cccc(NC(=O)C(C)(C)Oc3ccc(-c4nc5ccccc5s4)cc3)c21. The maximum atomic E-state index is 13.2. The van der Waals surface area contributed by atoms with Crippen molar-refractivity contribution in [1.82, 2.24) is 4.98 Å². The highest BCUT2D eigenvalue weighted by atomic mass is 32.1. The largest absolute Gasteiger partial charge is 0.478 e. The number of para-hydroxylation sites is 1. The molecular weight excluding hydrogens is 428 g/mol. The molecule has 33 heavy (non-hydrogen) atoms. The topological polar surface area (TPSA) is 51.2 Å². The third-order valence-corrected chi connectivity index (χ3v) is 7.11. The number of ether oxygens (including phenoxy) is 1. The van der Waals surface area contributed by atoms with Gasteiger partial charge in [0.05, 0.1) is 10.2 Å². The zero-order chi connectivity index (χ0) is 23.0. The van der Waals surface area contributed by atoms with Crippen LogP contribution in [-0.4, -0.2) is 16.5 Å². The van der Waals surface area contributed by atoms with Crippen molar-refractivity contribution < 1.29 is 9.53 Å². The normalized spacial score (nSPS) is 14.9. The molecule has 0 spiro atoms. The van der Waals surface area contributed by atoms with Crippen molar-refractivity contribution in [1.29, 1.82) is 0 Å². The maximum Gasteiger partial charge on any atom is 0.267 e. The van der Waals surface area contributed by atoms with Crippen molar-refractivity contribution in [3.63, 3.8) is 0 Å². The summed E-state index contributed by atoms with van der Waals surface area (Å²) in [4.78, 5) is 17.9. The molecule has 1 N–H and O–H groups in total. The van der Waals surface area contributed by atoms with Gasteiger partial charge >= 0.3 is 0 Å². The summed E-state index contributed by atoms with van der Waals surface area (Å²) in [7, 11) is 0. The molecular formula is C28H26N2O2S.